The molecule has 1 saturated heterocycles. The Bertz CT molecular complexity index is 230. The van der Waals surface area contributed by atoms with Crippen molar-refractivity contribution in [3.8, 4) is 6.07 Å². The predicted octanol–water partition coefficient (Wildman–Crippen LogP) is 1.28. The molecule has 0 unspecified atom stereocenters. The molecule has 0 aliphatic carbocycles. The summed E-state index contributed by atoms with van der Waals surface area (Å²) in [5, 5.41) is 9.00. The summed E-state index contributed by atoms with van der Waals surface area (Å²) < 4.78 is 10.3. The Morgan fingerprint density at radius 2 is 1.94 bits per heavy atom. The second-order valence-corrected chi connectivity index (χ2v) is 4.62. The minimum absolute atomic E-state index is 0.104. The van der Waals surface area contributed by atoms with Gasteiger partial charge in [-0.2, -0.15) is 5.26 Å². The second kappa shape index (κ2) is 6.85. The Morgan fingerprint density at radius 3 is 2.50 bits per heavy atom. The molecule has 1 heterocycles. The molecule has 0 atom stereocenters. The third kappa shape index (κ3) is 4.48. The van der Waals surface area contributed by atoms with Crippen molar-refractivity contribution in [2.45, 2.75) is 19.8 Å². The van der Waals surface area contributed by atoms with E-state index in [0.29, 0.717) is 13.2 Å². The first-order valence-corrected chi connectivity index (χ1v) is 5.90. The molecule has 0 radical (unpaired) electrons. The van der Waals surface area contributed by atoms with Crippen LogP contribution in [0.5, 0.6) is 0 Å². The highest BCUT2D eigenvalue weighted by molar-refractivity contribution is 4.98. The van der Waals surface area contributed by atoms with Gasteiger partial charge in [0, 0.05) is 13.7 Å². The molecule has 1 aliphatic heterocycles. The van der Waals surface area contributed by atoms with E-state index in [1.807, 2.05) is 0 Å². The van der Waals surface area contributed by atoms with Crippen molar-refractivity contribution >= 4 is 0 Å². The molecule has 0 N–H and O–H groups in total. The highest BCUT2D eigenvalue weighted by atomic mass is 16.5. The summed E-state index contributed by atoms with van der Waals surface area (Å²) in [7, 11) is 1.68. The lowest BCUT2D eigenvalue weighted by Gasteiger charge is -2.34. The van der Waals surface area contributed by atoms with Crippen LogP contribution in [0.15, 0.2) is 0 Å². The summed E-state index contributed by atoms with van der Waals surface area (Å²) in [6.07, 6.45) is 1.95. The Morgan fingerprint density at radius 1 is 1.25 bits per heavy atom. The third-order valence-electron chi connectivity index (χ3n) is 3.21. The Labute approximate surface area is 98.1 Å². The van der Waals surface area contributed by atoms with E-state index in [2.05, 4.69) is 17.9 Å². The molecular formula is C12H22N2O2. The molecular weight excluding hydrogens is 204 g/mol. The molecule has 1 rings (SSSR count). The summed E-state index contributed by atoms with van der Waals surface area (Å²) in [4.78, 5) is 2.37. The van der Waals surface area contributed by atoms with Crippen molar-refractivity contribution in [2.24, 2.45) is 5.41 Å². The quantitative estimate of drug-likeness (QED) is 0.640. The van der Waals surface area contributed by atoms with Crippen LogP contribution in [0.2, 0.25) is 0 Å². The van der Waals surface area contributed by atoms with Gasteiger partial charge in [0.15, 0.2) is 0 Å². The van der Waals surface area contributed by atoms with Crippen LogP contribution < -0.4 is 0 Å². The first-order chi connectivity index (χ1) is 7.70. The van der Waals surface area contributed by atoms with Crippen LogP contribution in [0, 0.1) is 16.7 Å². The molecule has 0 amide bonds. The average Bonchev–Trinajstić information content (AvgIpc) is 2.31. The van der Waals surface area contributed by atoms with E-state index in [-0.39, 0.29) is 5.41 Å². The number of methoxy groups -OCH3 is 1. The lowest BCUT2D eigenvalue weighted by molar-refractivity contribution is 0.0482. The number of nitrogens with zero attached hydrogens (tertiary/aromatic N) is 2. The smallest absolute Gasteiger partial charge is 0.0700 e. The minimum atomic E-state index is -0.104. The molecule has 4 heteroatoms. The van der Waals surface area contributed by atoms with Crippen molar-refractivity contribution in [3.05, 3.63) is 0 Å². The second-order valence-electron chi connectivity index (χ2n) is 4.62. The van der Waals surface area contributed by atoms with Gasteiger partial charge in [0.25, 0.3) is 0 Å². The molecule has 1 aliphatic rings. The van der Waals surface area contributed by atoms with Gasteiger partial charge in [0.05, 0.1) is 31.3 Å². The van der Waals surface area contributed by atoms with Gasteiger partial charge < -0.3 is 14.4 Å². The number of ether oxygens (including phenoxy) is 2. The molecule has 0 aromatic rings. The summed E-state index contributed by atoms with van der Waals surface area (Å²) in [6, 6.07) is 2.41. The van der Waals surface area contributed by atoms with Crippen molar-refractivity contribution < 1.29 is 9.47 Å². The number of nitriles is 1. The molecule has 16 heavy (non-hydrogen) atoms. The number of likely N-dealkylation sites (tertiary alicyclic amines) is 1. The standard InChI is InChI=1S/C12H22N2O2/c1-12(11-13)3-5-14(6-4-12)7-8-16-10-9-15-2/h3-10H2,1-2H3. The van der Waals surface area contributed by atoms with Crippen LogP contribution in [0.1, 0.15) is 19.8 Å². The molecule has 0 saturated carbocycles. The van der Waals surface area contributed by atoms with Crippen LogP contribution in [0.25, 0.3) is 0 Å². The van der Waals surface area contributed by atoms with E-state index in [1.165, 1.54) is 0 Å². The van der Waals surface area contributed by atoms with Crippen molar-refractivity contribution in [3.63, 3.8) is 0 Å². The van der Waals surface area contributed by atoms with Gasteiger partial charge in [-0.15, -0.1) is 0 Å². The largest absolute Gasteiger partial charge is 0.382 e. The first kappa shape index (κ1) is 13.4. The molecule has 0 spiro atoms. The SMILES string of the molecule is COCCOCCN1CCC(C)(C#N)CC1. The summed E-state index contributed by atoms with van der Waals surface area (Å²) in [5.74, 6) is 0. The fourth-order valence-corrected chi connectivity index (χ4v) is 1.82. The van der Waals surface area contributed by atoms with Crippen molar-refractivity contribution in [2.75, 3.05) is 46.6 Å². The van der Waals surface area contributed by atoms with Gasteiger partial charge in [0.2, 0.25) is 0 Å². The number of rotatable bonds is 6. The van der Waals surface area contributed by atoms with Crippen LogP contribution in [-0.2, 0) is 9.47 Å². The molecule has 0 bridgehead atoms. The van der Waals surface area contributed by atoms with E-state index in [9.17, 15) is 0 Å². The maximum atomic E-state index is 9.00. The maximum absolute atomic E-state index is 9.00. The highest BCUT2D eigenvalue weighted by Crippen LogP contribution is 2.29. The Balaban J connectivity index is 2.07. The van der Waals surface area contributed by atoms with Gasteiger partial charge in [-0.1, -0.05) is 0 Å². The normalized spacial score (nSPS) is 20.6. The monoisotopic (exact) mass is 226 g/mol. The molecule has 0 aromatic heterocycles. The third-order valence-corrected chi connectivity index (χ3v) is 3.21. The van der Waals surface area contributed by atoms with Crippen molar-refractivity contribution in [1.29, 1.82) is 5.26 Å². The van der Waals surface area contributed by atoms with Crippen LogP contribution >= 0.6 is 0 Å². The zero-order chi connectivity index (χ0) is 11.9. The van der Waals surface area contributed by atoms with Crippen LogP contribution in [-0.4, -0.2) is 51.5 Å². The van der Waals surface area contributed by atoms with Crippen LogP contribution in [0.3, 0.4) is 0 Å². The lowest BCUT2D eigenvalue weighted by atomic mass is 9.82. The molecule has 92 valence electrons. The van der Waals surface area contributed by atoms with Gasteiger partial charge in [0.1, 0.15) is 0 Å². The summed E-state index contributed by atoms with van der Waals surface area (Å²) in [6.45, 7) is 7.12. The van der Waals surface area contributed by atoms with Gasteiger partial charge in [-0.05, 0) is 32.9 Å². The first-order valence-electron chi connectivity index (χ1n) is 5.90. The van der Waals surface area contributed by atoms with E-state index in [0.717, 1.165) is 39.1 Å². The lowest BCUT2D eigenvalue weighted by Crippen LogP contribution is -2.39. The number of piperidine rings is 1. The highest BCUT2D eigenvalue weighted by Gasteiger charge is 2.29. The maximum Gasteiger partial charge on any atom is 0.0700 e. The molecule has 1 fully saturated rings. The fourth-order valence-electron chi connectivity index (χ4n) is 1.82. The van der Waals surface area contributed by atoms with E-state index >= 15 is 0 Å². The topological polar surface area (TPSA) is 45.5 Å². The number of hydrogen-bond donors (Lipinski definition) is 0. The predicted molar refractivity (Wildman–Crippen MR) is 62.1 cm³/mol. The fraction of sp³-hybridized carbons (Fsp3) is 0.917. The average molecular weight is 226 g/mol. The van der Waals surface area contributed by atoms with Crippen molar-refractivity contribution in [1.82, 2.24) is 4.90 Å². The van der Waals surface area contributed by atoms with Gasteiger partial charge in [-0.3, -0.25) is 0 Å². The molecule has 0 aromatic carbocycles. The Hall–Kier alpha value is -0.630. The summed E-state index contributed by atoms with van der Waals surface area (Å²) >= 11 is 0. The van der Waals surface area contributed by atoms with Gasteiger partial charge >= 0.3 is 0 Å². The Kier molecular flexibility index (Phi) is 5.75. The number of hydrogen-bond acceptors (Lipinski definition) is 4. The van der Waals surface area contributed by atoms with Gasteiger partial charge in [-0.25, -0.2) is 0 Å². The van der Waals surface area contributed by atoms with E-state index in [4.69, 9.17) is 14.7 Å². The zero-order valence-electron chi connectivity index (χ0n) is 10.4. The molecule has 4 nitrogen and oxygen atoms in total. The zero-order valence-corrected chi connectivity index (χ0v) is 10.4. The minimum Gasteiger partial charge on any atom is -0.382 e. The summed E-state index contributed by atoms with van der Waals surface area (Å²) in [5.41, 5.74) is -0.104. The van der Waals surface area contributed by atoms with E-state index < -0.39 is 0 Å². The van der Waals surface area contributed by atoms with E-state index in [1.54, 1.807) is 7.11 Å². The van der Waals surface area contributed by atoms with Crippen LogP contribution in [0.4, 0.5) is 0 Å².